The molecule has 0 aliphatic carbocycles. The highest BCUT2D eigenvalue weighted by molar-refractivity contribution is 6.01. The van der Waals surface area contributed by atoms with Crippen molar-refractivity contribution in [3.63, 3.8) is 0 Å². The van der Waals surface area contributed by atoms with E-state index in [2.05, 4.69) is 25.5 Å². The molecular formula is C17H15N7O. The zero-order chi connectivity index (χ0) is 17.4. The number of amides is 1. The van der Waals surface area contributed by atoms with Gasteiger partial charge < -0.3 is 5.32 Å². The van der Waals surface area contributed by atoms with Gasteiger partial charge in [-0.25, -0.2) is 14.2 Å². The molecule has 0 saturated carbocycles. The highest BCUT2D eigenvalue weighted by Crippen LogP contribution is 2.16. The van der Waals surface area contributed by atoms with Crippen LogP contribution in [0.25, 0.3) is 11.5 Å². The minimum Gasteiger partial charge on any atom is -0.319 e. The Bertz CT molecular complexity index is 1080. The summed E-state index contributed by atoms with van der Waals surface area (Å²) in [7, 11) is 0. The van der Waals surface area contributed by atoms with Crippen molar-refractivity contribution in [1.82, 2.24) is 29.4 Å². The van der Waals surface area contributed by atoms with Crippen LogP contribution in [-0.2, 0) is 0 Å². The van der Waals surface area contributed by atoms with E-state index in [4.69, 9.17) is 0 Å². The van der Waals surface area contributed by atoms with Gasteiger partial charge in [-0.1, -0.05) is 6.07 Å². The van der Waals surface area contributed by atoms with Gasteiger partial charge in [0.05, 0.1) is 5.69 Å². The Balaban J connectivity index is 1.62. The van der Waals surface area contributed by atoms with Crippen molar-refractivity contribution in [2.45, 2.75) is 13.8 Å². The number of benzene rings is 1. The van der Waals surface area contributed by atoms with Crippen LogP contribution in [-0.4, -0.2) is 35.3 Å². The number of hydrogen-bond donors (Lipinski definition) is 1. The Morgan fingerprint density at radius 3 is 2.68 bits per heavy atom. The summed E-state index contributed by atoms with van der Waals surface area (Å²) in [5.41, 5.74) is 3.36. The fourth-order valence-electron chi connectivity index (χ4n) is 2.54. The first-order valence-electron chi connectivity index (χ1n) is 7.72. The van der Waals surface area contributed by atoms with Gasteiger partial charge in [-0.3, -0.25) is 4.79 Å². The molecule has 0 aliphatic rings. The summed E-state index contributed by atoms with van der Waals surface area (Å²) >= 11 is 0. The lowest BCUT2D eigenvalue weighted by Crippen LogP contribution is -2.14. The van der Waals surface area contributed by atoms with Crippen molar-refractivity contribution < 1.29 is 4.79 Å². The van der Waals surface area contributed by atoms with Crippen LogP contribution in [0.5, 0.6) is 0 Å². The van der Waals surface area contributed by atoms with Crippen molar-refractivity contribution in [1.29, 1.82) is 0 Å². The normalized spacial score (nSPS) is 11.0. The van der Waals surface area contributed by atoms with E-state index in [0.717, 1.165) is 17.1 Å². The molecule has 0 aliphatic heterocycles. The smallest absolute Gasteiger partial charge is 0.295 e. The Hall–Kier alpha value is -3.55. The third-order valence-electron chi connectivity index (χ3n) is 3.81. The molecule has 0 spiro atoms. The third kappa shape index (κ3) is 2.74. The second kappa shape index (κ2) is 5.82. The van der Waals surface area contributed by atoms with Crippen molar-refractivity contribution in [2.75, 3.05) is 5.32 Å². The molecule has 8 nitrogen and oxygen atoms in total. The number of nitrogens with one attached hydrogen (secondary N) is 1. The molecule has 1 aromatic carbocycles. The summed E-state index contributed by atoms with van der Waals surface area (Å²) in [6.45, 7) is 3.84. The molecular weight excluding hydrogens is 318 g/mol. The number of rotatable bonds is 3. The summed E-state index contributed by atoms with van der Waals surface area (Å²) in [6.07, 6.45) is 3.37. The Labute approximate surface area is 143 Å². The molecule has 1 N–H and O–H groups in total. The molecule has 0 radical (unpaired) electrons. The Morgan fingerprint density at radius 2 is 1.92 bits per heavy atom. The molecule has 0 atom stereocenters. The lowest BCUT2D eigenvalue weighted by molar-refractivity contribution is 0.101. The summed E-state index contributed by atoms with van der Waals surface area (Å²) < 4.78 is 3.34. The van der Waals surface area contributed by atoms with Crippen molar-refractivity contribution in [3.8, 4) is 5.69 Å². The SMILES string of the molecule is Cc1ccnn1-c1cccc(NC(=O)c2nc3nccc(C)n3n2)c1. The van der Waals surface area contributed by atoms with Gasteiger partial charge in [-0.05, 0) is 44.2 Å². The molecule has 25 heavy (non-hydrogen) atoms. The largest absolute Gasteiger partial charge is 0.319 e. The third-order valence-corrected chi connectivity index (χ3v) is 3.81. The van der Waals surface area contributed by atoms with Crippen LogP contribution < -0.4 is 5.32 Å². The zero-order valence-electron chi connectivity index (χ0n) is 13.7. The van der Waals surface area contributed by atoms with Gasteiger partial charge in [0.15, 0.2) is 0 Å². The van der Waals surface area contributed by atoms with Crippen molar-refractivity contribution >= 4 is 17.4 Å². The van der Waals surface area contributed by atoms with Crippen LogP contribution in [0, 0.1) is 13.8 Å². The highest BCUT2D eigenvalue weighted by atomic mass is 16.2. The monoisotopic (exact) mass is 333 g/mol. The summed E-state index contributed by atoms with van der Waals surface area (Å²) in [5, 5.41) is 11.3. The predicted octanol–water partition coefficient (Wildman–Crippen LogP) is 2.18. The fraction of sp³-hybridized carbons (Fsp3) is 0.118. The molecule has 4 rings (SSSR count). The number of aromatic nitrogens is 6. The molecule has 3 aromatic heterocycles. The van der Waals surface area contributed by atoms with Crippen LogP contribution in [0.15, 0.2) is 48.8 Å². The summed E-state index contributed by atoms with van der Waals surface area (Å²) in [4.78, 5) is 20.7. The van der Waals surface area contributed by atoms with E-state index < -0.39 is 0 Å². The quantitative estimate of drug-likeness (QED) is 0.620. The number of anilines is 1. The number of nitrogens with zero attached hydrogens (tertiary/aromatic N) is 6. The first-order valence-corrected chi connectivity index (χ1v) is 7.72. The van der Waals surface area contributed by atoms with E-state index in [1.165, 1.54) is 0 Å². The lowest BCUT2D eigenvalue weighted by atomic mass is 10.2. The maximum absolute atomic E-state index is 12.5. The zero-order valence-corrected chi connectivity index (χ0v) is 13.7. The van der Waals surface area contributed by atoms with Gasteiger partial charge >= 0.3 is 0 Å². The maximum Gasteiger partial charge on any atom is 0.295 e. The first kappa shape index (κ1) is 15.0. The second-order valence-corrected chi connectivity index (χ2v) is 5.62. The summed E-state index contributed by atoms with van der Waals surface area (Å²) in [6, 6.07) is 11.2. The topological polar surface area (TPSA) is 90.0 Å². The van der Waals surface area contributed by atoms with Crippen LogP contribution in [0.2, 0.25) is 0 Å². The minimum absolute atomic E-state index is 0.0717. The lowest BCUT2D eigenvalue weighted by Gasteiger charge is -2.07. The number of fused-ring (bicyclic) bond motifs is 1. The minimum atomic E-state index is -0.390. The van der Waals surface area contributed by atoms with Gasteiger partial charge in [0.1, 0.15) is 0 Å². The molecule has 0 bridgehead atoms. The van der Waals surface area contributed by atoms with E-state index in [9.17, 15) is 4.79 Å². The molecule has 1 amide bonds. The van der Waals surface area contributed by atoms with Crippen LogP contribution in [0.1, 0.15) is 22.0 Å². The molecule has 3 heterocycles. The fourth-order valence-corrected chi connectivity index (χ4v) is 2.54. The van der Waals surface area contributed by atoms with Gasteiger partial charge in [-0.15, -0.1) is 5.10 Å². The number of hydrogen-bond acceptors (Lipinski definition) is 5. The maximum atomic E-state index is 12.5. The van der Waals surface area contributed by atoms with Gasteiger partial charge in [0.25, 0.3) is 11.7 Å². The van der Waals surface area contributed by atoms with Gasteiger partial charge in [-0.2, -0.15) is 10.1 Å². The average molecular weight is 333 g/mol. The van der Waals surface area contributed by atoms with Gasteiger partial charge in [0, 0.05) is 29.5 Å². The highest BCUT2D eigenvalue weighted by Gasteiger charge is 2.15. The Kier molecular flexibility index (Phi) is 3.50. The molecule has 0 fully saturated rings. The van der Waals surface area contributed by atoms with Crippen LogP contribution >= 0.6 is 0 Å². The number of carbonyl (C=O) groups is 1. The van der Waals surface area contributed by atoms with E-state index in [1.807, 2.05) is 38.1 Å². The van der Waals surface area contributed by atoms with E-state index in [1.54, 1.807) is 33.7 Å². The standard InChI is InChI=1S/C17H15N7O/c1-11-7-9-19-23(11)14-5-3-4-13(10-14)20-16(25)15-21-17-18-8-6-12(2)24(17)22-15/h3-10H,1-2H3,(H,20,25). The predicted molar refractivity (Wildman–Crippen MR) is 91.8 cm³/mol. The van der Waals surface area contributed by atoms with Crippen molar-refractivity contribution in [3.05, 3.63) is 66.0 Å². The Morgan fingerprint density at radius 1 is 1.08 bits per heavy atom. The number of carbonyl (C=O) groups excluding carboxylic acids is 1. The summed E-state index contributed by atoms with van der Waals surface area (Å²) in [5.74, 6) is 0.0766. The van der Waals surface area contributed by atoms with E-state index >= 15 is 0 Å². The van der Waals surface area contributed by atoms with Crippen LogP contribution in [0.3, 0.4) is 0 Å². The molecule has 0 saturated heterocycles. The van der Waals surface area contributed by atoms with E-state index in [-0.39, 0.29) is 11.7 Å². The first-order chi connectivity index (χ1) is 12.1. The molecule has 8 heteroatoms. The molecule has 4 aromatic rings. The van der Waals surface area contributed by atoms with E-state index in [0.29, 0.717) is 11.5 Å². The van der Waals surface area contributed by atoms with Crippen LogP contribution in [0.4, 0.5) is 5.69 Å². The van der Waals surface area contributed by atoms with Crippen molar-refractivity contribution in [2.24, 2.45) is 0 Å². The molecule has 0 unspecified atom stereocenters. The second-order valence-electron chi connectivity index (χ2n) is 5.62. The molecule has 124 valence electrons. The van der Waals surface area contributed by atoms with Gasteiger partial charge in [0.2, 0.25) is 5.82 Å². The number of aryl methyl sites for hydroxylation is 2. The average Bonchev–Trinajstić information content (AvgIpc) is 3.22.